The van der Waals surface area contributed by atoms with Crippen molar-refractivity contribution >= 4 is 45.9 Å². The molecule has 0 spiro atoms. The molecular formula is C20H15ClN8O. The van der Waals surface area contributed by atoms with Crippen molar-refractivity contribution in [3.05, 3.63) is 78.1 Å². The average molecular weight is 419 g/mol. The molecule has 0 saturated carbocycles. The van der Waals surface area contributed by atoms with E-state index in [9.17, 15) is 4.79 Å². The third kappa shape index (κ3) is 4.01. The number of hydrogen-bond donors (Lipinski definition) is 2. The predicted molar refractivity (Wildman–Crippen MR) is 115 cm³/mol. The molecule has 0 unspecified atom stereocenters. The molecule has 4 rings (SSSR count). The number of anilines is 1. The Kier molecular flexibility index (Phi) is 5.44. The van der Waals surface area contributed by atoms with E-state index in [0.29, 0.717) is 17.2 Å². The highest BCUT2D eigenvalue weighted by molar-refractivity contribution is 6.32. The molecule has 0 fully saturated rings. The van der Waals surface area contributed by atoms with Gasteiger partial charge in [0.2, 0.25) is 0 Å². The second kappa shape index (κ2) is 8.50. The molecule has 0 radical (unpaired) electrons. The Morgan fingerprint density at radius 3 is 2.73 bits per heavy atom. The van der Waals surface area contributed by atoms with Crippen molar-refractivity contribution in [1.29, 1.82) is 0 Å². The number of aromatic nitrogens is 5. The fourth-order valence-electron chi connectivity index (χ4n) is 2.69. The van der Waals surface area contributed by atoms with Crippen LogP contribution in [-0.2, 0) is 4.79 Å². The number of fused-ring (bicyclic) bond motifs is 1. The number of nitrogens with zero attached hydrogens (tertiary/aromatic N) is 6. The number of carbonyl (C=O) groups excluding carboxylic acids is 1. The van der Waals surface area contributed by atoms with E-state index >= 15 is 0 Å². The van der Waals surface area contributed by atoms with Gasteiger partial charge in [-0.25, -0.2) is 4.98 Å². The van der Waals surface area contributed by atoms with Gasteiger partial charge >= 0.3 is 0 Å². The van der Waals surface area contributed by atoms with E-state index in [4.69, 9.17) is 17.3 Å². The van der Waals surface area contributed by atoms with Gasteiger partial charge in [0.05, 0.1) is 46.8 Å². The number of pyridine rings is 2. The van der Waals surface area contributed by atoms with Crippen molar-refractivity contribution in [3.8, 4) is 5.82 Å². The van der Waals surface area contributed by atoms with E-state index in [2.05, 4.69) is 30.5 Å². The fourth-order valence-corrected chi connectivity index (χ4v) is 2.94. The summed E-state index contributed by atoms with van der Waals surface area (Å²) in [5.41, 5.74) is 6.81. The number of aliphatic imine (C=N–C) groups is 1. The summed E-state index contributed by atoms with van der Waals surface area (Å²) in [6.45, 7) is 0. The Morgan fingerprint density at radius 2 is 1.97 bits per heavy atom. The zero-order valence-electron chi connectivity index (χ0n) is 15.5. The number of hydrogen-bond acceptors (Lipinski definition) is 7. The molecule has 0 saturated heterocycles. The van der Waals surface area contributed by atoms with E-state index in [-0.39, 0.29) is 10.6 Å². The van der Waals surface area contributed by atoms with E-state index in [1.54, 1.807) is 18.5 Å². The van der Waals surface area contributed by atoms with Gasteiger partial charge in [0.1, 0.15) is 0 Å². The van der Waals surface area contributed by atoms with Crippen molar-refractivity contribution in [2.75, 3.05) is 5.32 Å². The van der Waals surface area contributed by atoms with Gasteiger partial charge in [0, 0.05) is 29.4 Å². The summed E-state index contributed by atoms with van der Waals surface area (Å²) in [7, 11) is 0. The van der Waals surface area contributed by atoms with Crippen molar-refractivity contribution in [2.24, 2.45) is 10.7 Å². The highest BCUT2D eigenvalue weighted by Crippen LogP contribution is 2.24. The third-order valence-electron chi connectivity index (χ3n) is 4.12. The Labute approximate surface area is 175 Å². The molecule has 1 amide bonds. The van der Waals surface area contributed by atoms with Gasteiger partial charge in [0.15, 0.2) is 5.82 Å². The van der Waals surface area contributed by atoms with Crippen molar-refractivity contribution in [3.63, 3.8) is 0 Å². The highest BCUT2D eigenvalue weighted by atomic mass is 35.5. The summed E-state index contributed by atoms with van der Waals surface area (Å²) >= 11 is 6.23. The molecule has 0 atom stereocenters. The lowest BCUT2D eigenvalue weighted by atomic mass is 10.1. The number of halogens is 1. The second-order valence-corrected chi connectivity index (χ2v) is 6.47. The molecule has 3 heterocycles. The molecule has 3 N–H and O–H groups in total. The van der Waals surface area contributed by atoms with Crippen LogP contribution in [0.1, 0.15) is 0 Å². The first-order chi connectivity index (χ1) is 14.7. The van der Waals surface area contributed by atoms with Crippen LogP contribution >= 0.6 is 11.6 Å². The number of benzene rings is 1. The lowest BCUT2D eigenvalue weighted by Crippen LogP contribution is -2.17. The molecule has 0 aliphatic rings. The highest BCUT2D eigenvalue weighted by Gasteiger charge is 2.12. The Balaban J connectivity index is 1.52. The summed E-state index contributed by atoms with van der Waals surface area (Å²) in [5.74, 6) is -0.114. The van der Waals surface area contributed by atoms with Crippen LogP contribution in [0.4, 0.5) is 11.4 Å². The van der Waals surface area contributed by atoms with Gasteiger partial charge < -0.3 is 11.1 Å². The number of carbonyl (C=O) groups is 1. The van der Waals surface area contributed by atoms with E-state index in [1.165, 1.54) is 35.8 Å². The molecule has 4 aromatic rings. The van der Waals surface area contributed by atoms with Crippen molar-refractivity contribution < 1.29 is 4.79 Å². The molecule has 10 heteroatoms. The van der Waals surface area contributed by atoms with Crippen LogP contribution in [0.15, 0.2) is 78.1 Å². The minimum atomic E-state index is -0.461. The smallest absolute Gasteiger partial charge is 0.258 e. The van der Waals surface area contributed by atoms with Gasteiger partial charge in [-0.05, 0) is 6.07 Å². The molecule has 3 aromatic heterocycles. The topological polar surface area (TPSA) is 124 Å². The van der Waals surface area contributed by atoms with Gasteiger partial charge in [0.25, 0.3) is 5.91 Å². The Bertz CT molecular complexity index is 1260. The number of rotatable bonds is 5. The number of nitrogens with two attached hydrogens (primary N) is 1. The van der Waals surface area contributed by atoms with Gasteiger partial charge in [-0.3, -0.25) is 14.8 Å². The first-order valence-electron chi connectivity index (χ1n) is 8.78. The molecular weight excluding hydrogens is 404 g/mol. The van der Waals surface area contributed by atoms with E-state index < -0.39 is 5.91 Å². The first-order valence-corrected chi connectivity index (χ1v) is 9.16. The zero-order valence-corrected chi connectivity index (χ0v) is 16.2. The van der Waals surface area contributed by atoms with Gasteiger partial charge in [-0.15, -0.1) is 4.80 Å². The number of nitrogens with one attached hydrogen (secondary N) is 1. The lowest BCUT2D eigenvalue weighted by molar-refractivity contribution is -0.112. The number of amides is 1. The first kappa shape index (κ1) is 19.2. The predicted octanol–water partition coefficient (Wildman–Crippen LogP) is 3.05. The summed E-state index contributed by atoms with van der Waals surface area (Å²) in [4.78, 5) is 26.6. The molecule has 30 heavy (non-hydrogen) atoms. The molecule has 9 nitrogen and oxygen atoms in total. The van der Waals surface area contributed by atoms with Crippen molar-refractivity contribution in [1.82, 2.24) is 25.0 Å². The third-order valence-corrected chi connectivity index (χ3v) is 4.40. The SMILES string of the molecule is NC=C(C=Nc1cncc2ccccc12)C(=O)Nc1cnc(-n2nccn2)c(Cl)c1. The molecule has 0 bridgehead atoms. The van der Waals surface area contributed by atoms with Crippen LogP contribution in [0.5, 0.6) is 0 Å². The summed E-state index contributed by atoms with van der Waals surface area (Å²) in [6.07, 6.45) is 10.4. The van der Waals surface area contributed by atoms with Gasteiger partial charge in [-0.1, -0.05) is 35.9 Å². The van der Waals surface area contributed by atoms with Crippen LogP contribution in [0.2, 0.25) is 5.02 Å². The van der Waals surface area contributed by atoms with Crippen LogP contribution in [0.3, 0.4) is 0 Å². The quantitative estimate of drug-likeness (QED) is 0.379. The molecule has 0 aliphatic heterocycles. The zero-order chi connectivity index (χ0) is 20.9. The van der Waals surface area contributed by atoms with Crippen LogP contribution in [-0.4, -0.2) is 37.1 Å². The monoisotopic (exact) mass is 418 g/mol. The van der Waals surface area contributed by atoms with E-state index in [0.717, 1.165) is 10.8 Å². The van der Waals surface area contributed by atoms with Crippen molar-refractivity contribution in [2.45, 2.75) is 0 Å². The maximum Gasteiger partial charge on any atom is 0.258 e. The largest absolute Gasteiger partial charge is 0.404 e. The minimum Gasteiger partial charge on any atom is -0.404 e. The lowest BCUT2D eigenvalue weighted by Gasteiger charge is -2.08. The van der Waals surface area contributed by atoms with Crippen LogP contribution < -0.4 is 11.1 Å². The molecule has 0 aliphatic carbocycles. The summed E-state index contributed by atoms with van der Waals surface area (Å²) in [5, 5.41) is 12.8. The Morgan fingerprint density at radius 1 is 1.17 bits per heavy atom. The maximum atomic E-state index is 12.6. The van der Waals surface area contributed by atoms with E-state index in [1.807, 2.05) is 24.3 Å². The Hall–Kier alpha value is -4.11. The summed E-state index contributed by atoms with van der Waals surface area (Å²) in [6, 6.07) is 9.24. The standard InChI is InChI=1S/C20H15ClN8O/c21-17-7-15(11-25-19(17)29-26-5-6-27-29)28-20(30)14(8-22)10-24-18-12-23-9-13-3-1-2-4-16(13)18/h1-12H,22H2,(H,28,30). The van der Waals surface area contributed by atoms with Crippen LogP contribution in [0.25, 0.3) is 16.6 Å². The normalized spacial score (nSPS) is 11.8. The second-order valence-electron chi connectivity index (χ2n) is 6.06. The molecule has 1 aromatic carbocycles. The fraction of sp³-hybridized carbons (Fsp3) is 0. The van der Waals surface area contributed by atoms with Crippen LogP contribution in [0, 0.1) is 0 Å². The molecule has 148 valence electrons. The average Bonchev–Trinajstić information content (AvgIpc) is 3.29. The summed E-state index contributed by atoms with van der Waals surface area (Å²) < 4.78 is 0. The van der Waals surface area contributed by atoms with Gasteiger partial charge in [-0.2, -0.15) is 10.2 Å². The maximum absolute atomic E-state index is 12.6. The minimum absolute atomic E-state index is 0.164.